The van der Waals surface area contributed by atoms with Crippen LogP contribution in [0.1, 0.15) is 16.1 Å². The molecule has 0 aliphatic heterocycles. The Morgan fingerprint density at radius 2 is 1.56 bits per heavy atom. The smallest absolute Gasteiger partial charge is 0.264 e. The molecule has 4 nitrogen and oxygen atoms in total. The van der Waals surface area contributed by atoms with E-state index in [1.54, 1.807) is 60.8 Å². The third-order valence-corrected chi connectivity index (χ3v) is 4.07. The van der Waals surface area contributed by atoms with Crippen molar-refractivity contribution < 1.29 is 4.79 Å². The van der Waals surface area contributed by atoms with Gasteiger partial charge in [-0.2, -0.15) is 0 Å². The normalized spacial score (nSPS) is 10.7. The number of hydrogen-bond donors (Lipinski definition) is 0. The first-order valence-electron chi connectivity index (χ1n) is 7.91. The second-order valence-corrected chi connectivity index (χ2v) is 5.64. The van der Waals surface area contributed by atoms with E-state index in [2.05, 4.69) is 4.98 Å². The highest BCUT2D eigenvalue weighted by molar-refractivity contribution is 6.09. The molecule has 4 aromatic rings. The molecule has 0 unspecified atom stereocenters. The number of ketones is 1. The van der Waals surface area contributed by atoms with Gasteiger partial charge >= 0.3 is 0 Å². The van der Waals surface area contributed by atoms with E-state index < -0.39 is 0 Å². The molecule has 0 radical (unpaired) electrons. The van der Waals surface area contributed by atoms with Gasteiger partial charge in [-0.15, -0.1) is 0 Å². The fourth-order valence-electron chi connectivity index (χ4n) is 2.88. The number of aromatic nitrogens is 2. The molecule has 0 atom stereocenters. The Kier molecular flexibility index (Phi) is 3.71. The first-order chi connectivity index (χ1) is 12.3. The summed E-state index contributed by atoms with van der Waals surface area (Å²) in [5.41, 5.74) is 0.576. The third kappa shape index (κ3) is 2.64. The molecule has 0 N–H and O–H groups in total. The first-order valence-corrected chi connectivity index (χ1v) is 7.91. The van der Waals surface area contributed by atoms with E-state index in [9.17, 15) is 9.59 Å². The van der Waals surface area contributed by atoms with Gasteiger partial charge in [0.1, 0.15) is 5.82 Å². The van der Waals surface area contributed by atoms with Crippen LogP contribution in [0.5, 0.6) is 0 Å². The summed E-state index contributed by atoms with van der Waals surface area (Å²) >= 11 is 0. The van der Waals surface area contributed by atoms with Crippen LogP contribution < -0.4 is 5.56 Å². The van der Waals surface area contributed by atoms with Crippen molar-refractivity contribution in [3.63, 3.8) is 0 Å². The number of nitrogens with zero attached hydrogens (tertiary/aromatic N) is 2. The van der Waals surface area contributed by atoms with Crippen LogP contribution in [0.2, 0.25) is 0 Å². The Morgan fingerprint density at radius 1 is 0.840 bits per heavy atom. The summed E-state index contributed by atoms with van der Waals surface area (Å²) in [6.07, 6.45) is 1.60. The van der Waals surface area contributed by atoms with Gasteiger partial charge in [0.2, 0.25) is 5.78 Å². The molecule has 120 valence electrons. The van der Waals surface area contributed by atoms with Crippen molar-refractivity contribution >= 4 is 16.6 Å². The lowest BCUT2D eigenvalue weighted by Gasteiger charge is -2.13. The monoisotopic (exact) mass is 326 g/mol. The Hall–Kier alpha value is -3.53. The number of hydrogen-bond acceptors (Lipinski definition) is 3. The lowest BCUT2D eigenvalue weighted by Crippen LogP contribution is -2.25. The van der Waals surface area contributed by atoms with Crippen LogP contribution in [0.4, 0.5) is 0 Å². The summed E-state index contributed by atoms with van der Waals surface area (Å²) in [7, 11) is 0. The quantitative estimate of drug-likeness (QED) is 0.540. The van der Waals surface area contributed by atoms with Gasteiger partial charge in [0.15, 0.2) is 0 Å². The minimum Gasteiger partial charge on any atom is -0.287 e. The molecule has 0 aliphatic carbocycles. The summed E-state index contributed by atoms with van der Waals surface area (Å²) in [6, 6.07) is 23.2. The average Bonchev–Trinajstić information content (AvgIpc) is 2.69. The molecule has 0 amide bonds. The van der Waals surface area contributed by atoms with Crippen LogP contribution >= 0.6 is 0 Å². The maximum atomic E-state index is 13.1. The van der Waals surface area contributed by atoms with Crippen molar-refractivity contribution in [1.29, 1.82) is 0 Å². The van der Waals surface area contributed by atoms with Gasteiger partial charge in [-0.3, -0.25) is 14.2 Å². The standard InChI is InChI=1S/C21H14N2O2/c24-20(15-8-2-1-3-9-15)18-14-16-10-4-5-11-17(16)21(25)23(18)19-12-6-7-13-22-19/h1-14H. The first kappa shape index (κ1) is 15.0. The number of carbonyl (C=O) groups excluding carboxylic acids is 1. The summed E-state index contributed by atoms with van der Waals surface area (Å²) in [5.74, 6) is 0.214. The largest absolute Gasteiger partial charge is 0.287 e. The molecule has 0 bridgehead atoms. The predicted molar refractivity (Wildman–Crippen MR) is 97.2 cm³/mol. The van der Waals surface area contributed by atoms with Crippen LogP contribution in [0.3, 0.4) is 0 Å². The topological polar surface area (TPSA) is 52.0 Å². The molecular weight excluding hydrogens is 312 g/mol. The Labute approximate surface area is 144 Å². The Bertz CT molecular complexity index is 1120. The summed E-state index contributed by atoms with van der Waals surface area (Å²) in [6.45, 7) is 0. The highest BCUT2D eigenvalue weighted by atomic mass is 16.1. The fourth-order valence-corrected chi connectivity index (χ4v) is 2.88. The molecule has 0 saturated heterocycles. The number of fused-ring (bicyclic) bond motifs is 1. The van der Waals surface area contributed by atoms with Crippen molar-refractivity contribution in [2.24, 2.45) is 0 Å². The zero-order valence-corrected chi connectivity index (χ0v) is 13.3. The number of rotatable bonds is 3. The summed E-state index contributed by atoms with van der Waals surface area (Å²) < 4.78 is 1.39. The average molecular weight is 326 g/mol. The second kappa shape index (κ2) is 6.17. The lowest BCUT2D eigenvalue weighted by atomic mass is 10.0. The van der Waals surface area contributed by atoms with Crippen LogP contribution in [0, 0.1) is 0 Å². The maximum absolute atomic E-state index is 13.1. The van der Waals surface area contributed by atoms with Crippen LogP contribution in [0.25, 0.3) is 16.6 Å². The zero-order chi connectivity index (χ0) is 17.2. The Balaban J connectivity index is 2.06. The Morgan fingerprint density at radius 3 is 2.32 bits per heavy atom. The van der Waals surface area contributed by atoms with Crippen LogP contribution in [-0.2, 0) is 0 Å². The summed E-state index contributed by atoms with van der Waals surface area (Å²) in [5, 5.41) is 1.29. The minimum atomic E-state index is -0.254. The van der Waals surface area contributed by atoms with E-state index in [4.69, 9.17) is 0 Å². The van der Waals surface area contributed by atoms with E-state index in [-0.39, 0.29) is 11.3 Å². The van der Waals surface area contributed by atoms with Gasteiger partial charge in [0, 0.05) is 17.1 Å². The third-order valence-electron chi connectivity index (χ3n) is 4.07. The lowest BCUT2D eigenvalue weighted by molar-refractivity contribution is 0.103. The molecule has 25 heavy (non-hydrogen) atoms. The van der Waals surface area contributed by atoms with E-state index in [0.717, 1.165) is 5.39 Å². The fraction of sp³-hybridized carbons (Fsp3) is 0. The highest BCUT2D eigenvalue weighted by Crippen LogP contribution is 2.18. The van der Waals surface area contributed by atoms with Gasteiger partial charge in [-0.05, 0) is 29.7 Å². The van der Waals surface area contributed by atoms with E-state index in [0.29, 0.717) is 22.5 Å². The van der Waals surface area contributed by atoms with Gasteiger partial charge in [-0.1, -0.05) is 54.6 Å². The molecule has 0 aliphatic rings. The molecule has 0 fully saturated rings. The van der Waals surface area contributed by atoms with Crippen LogP contribution in [-0.4, -0.2) is 15.3 Å². The van der Waals surface area contributed by atoms with Crippen LogP contribution in [0.15, 0.2) is 89.9 Å². The molecule has 0 spiro atoms. The number of benzene rings is 2. The molecule has 2 heterocycles. The van der Waals surface area contributed by atoms with Crippen molar-refractivity contribution in [1.82, 2.24) is 9.55 Å². The number of pyridine rings is 2. The molecular formula is C21H14N2O2. The highest BCUT2D eigenvalue weighted by Gasteiger charge is 2.18. The van der Waals surface area contributed by atoms with Gasteiger partial charge in [0.05, 0.1) is 5.69 Å². The van der Waals surface area contributed by atoms with E-state index in [1.165, 1.54) is 4.57 Å². The van der Waals surface area contributed by atoms with Gasteiger partial charge in [0.25, 0.3) is 5.56 Å². The van der Waals surface area contributed by atoms with Crippen molar-refractivity contribution in [3.05, 3.63) is 107 Å². The molecule has 4 heteroatoms. The van der Waals surface area contributed by atoms with Gasteiger partial charge in [-0.25, -0.2) is 4.98 Å². The van der Waals surface area contributed by atoms with E-state index >= 15 is 0 Å². The van der Waals surface area contributed by atoms with Crippen molar-refractivity contribution in [2.45, 2.75) is 0 Å². The minimum absolute atomic E-state index is 0.214. The maximum Gasteiger partial charge on any atom is 0.264 e. The molecule has 2 aromatic heterocycles. The van der Waals surface area contributed by atoms with Crippen molar-refractivity contribution in [3.8, 4) is 5.82 Å². The second-order valence-electron chi connectivity index (χ2n) is 5.64. The molecule has 0 saturated carbocycles. The van der Waals surface area contributed by atoms with Crippen molar-refractivity contribution in [2.75, 3.05) is 0 Å². The zero-order valence-electron chi connectivity index (χ0n) is 13.3. The predicted octanol–water partition coefficient (Wildman–Crippen LogP) is 3.62. The number of carbonyl (C=O) groups is 1. The van der Waals surface area contributed by atoms with E-state index in [1.807, 2.05) is 24.3 Å². The van der Waals surface area contributed by atoms with Gasteiger partial charge < -0.3 is 0 Å². The molecule has 4 rings (SSSR count). The molecule has 2 aromatic carbocycles. The SMILES string of the molecule is O=C(c1ccccc1)c1cc2ccccc2c(=O)n1-c1ccccn1. The summed E-state index contributed by atoms with van der Waals surface area (Å²) in [4.78, 5) is 30.4.